The Labute approximate surface area is 96.7 Å². The molecule has 16 heavy (non-hydrogen) atoms. The van der Waals surface area contributed by atoms with E-state index in [0.717, 1.165) is 27.8 Å². The molecular formula is C12H19O3P. The van der Waals surface area contributed by atoms with Crippen molar-refractivity contribution in [2.45, 2.75) is 40.8 Å². The van der Waals surface area contributed by atoms with Gasteiger partial charge in [0.15, 0.2) is 0 Å². The fourth-order valence-corrected chi connectivity index (χ4v) is 2.91. The smallest absolute Gasteiger partial charge is 0.324 e. The van der Waals surface area contributed by atoms with Crippen molar-refractivity contribution < 1.29 is 14.4 Å². The number of rotatable bonds is 2. The summed E-state index contributed by atoms with van der Waals surface area (Å²) in [5, 5.41) is 0. The summed E-state index contributed by atoms with van der Waals surface area (Å²) in [7, 11) is -4.00. The van der Waals surface area contributed by atoms with Crippen LogP contribution in [0, 0.1) is 34.6 Å². The van der Waals surface area contributed by atoms with Gasteiger partial charge < -0.3 is 9.79 Å². The SMILES string of the molecule is Cc1c(C)c(C)c(CP(=O)(O)O)c(C)c1C. The summed E-state index contributed by atoms with van der Waals surface area (Å²) < 4.78 is 11.1. The summed E-state index contributed by atoms with van der Waals surface area (Å²) in [6, 6.07) is 0. The topological polar surface area (TPSA) is 57.5 Å². The molecule has 0 atom stereocenters. The zero-order chi connectivity index (χ0) is 12.7. The summed E-state index contributed by atoms with van der Waals surface area (Å²) in [6.45, 7) is 9.91. The minimum atomic E-state index is -4.00. The molecule has 0 radical (unpaired) electrons. The molecule has 4 heteroatoms. The first-order valence-corrected chi connectivity index (χ1v) is 7.05. The summed E-state index contributed by atoms with van der Waals surface area (Å²) in [5.41, 5.74) is 6.28. The normalized spacial score (nSPS) is 11.9. The van der Waals surface area contributed by atoms with Gasteiger partial charge in [-0.15, -0.1) is 0 Å². The van der Waals surface area contributed by atoms with E-state index in [9.17, 15) is 4.57 Å². The van der Waals surface area contributed by atoms with Crippen LogP contribution in [0.1, 0.15) is 33.4 Å². The van der Waals surface area contributed by atoms with E-state index in [1.165, 1.54) is 5.56 Å². The second-order valence-corrected chi connectivity index (χ2v) is 6.07. The van der Waals surface area contributed by atoms with Crippen LogP contribution in [0.25, 0.3) is 0 Å². The first-order valence-electron chi connectivity index (χ1n) is 5.25. The summed E-state index contributed by atoms with van der Waals surface area (Å²) in [6.07, 6.45) is -0.160. The van der Waals surface area contributed by atoms with Crippen molar-refractivity contribution in [3.8, 4) is 0 Å². The van der Waals surface area contributed by atoms with Crippen LogP contribution in [0.3, 0.4) is 0 Å². The molecule has 0 amide bonds. The van der Waals surface area contributed by atoms with Gasteiger partial charge in [0, 0.05) is 0 Å². The largest absolute Gasteiger partial charge is 0.329 e. The quantitative estimate of drug-likeness (QED) is 0.784. The Kier molecular flexibility index (Phi) is 3.63. The number of hydrogen-bond acceptors (Lipinski definition) is 1. The third-order valence-electron chi connectivity index (χ3n) is 3.52. The van der Waals surface area contributed by atoms with Crippen molar-refractivity contribution in [2.24, 2.45) is 0 Å². The van der Waals surface area contributed by atoms with E-state index in [0.29, 0.717) is 0 Å². The van der Waals surface area contributed by atoms with Crippen LogP contribution in [-0.2, 0) is 10.7 Å². The molecule has 2 N–H and O–H groups in total. The number of hydrogen-bond donors (Lipinski definition) is 2. The van der Waals surface area contributed by atoms with Gasteiger partial charge >= 0.3 is 7.60 Å². The highest BCUT2D eigenvalue weighted by Crippen LogP contribution is 2.42. The minimum absolute atomic E-state index is 0.160. The predicted octanol–water partition coefficient (Wildman–Crippen LogP) is 2.91. The van der Waals surface area contributed by atoms with Gasteiger partial charge in [-0.1, -0.05) is 0 Å². The van der Waals surface area contributed by atoms with E-state index in [2.05, 4.69) is 0 Å². The predicted molar refractivity (Wildman–Crippen MR) is 65.9 cm³/mol. The molecule has 90 valence electrons. The molecule has 0 aliphatic rings. The van der Waals surface area contributed by atoms with Crippen LogP contribution in [-0.4, -0.2) is 9.79 Å². The lowest BCUT2D eigenvalue weighted by atomic mass is 9.90. The van der Waals surface area contributed by atoms with Crippen LogP contribution in [0.5, 0.6) is 0 Å². The first-order chi connectivity index (χ1) is 7.15. The molecule has 1 aromatic carbocycles. The van der Waals surface area contributed by atoms with E-state index in [1.807, 2.05) is 34.6 Å². The van der Waals surface area contributed by atoms with Gasteiger partial charge in [-0.3, -0.25) is 4.57 Å². The van der Waals surface area contributed by atoms with Gasteiger partial charge in [0.25, 0.3) is 0 Å². The lowest BCUT2D eigenvalue weighted by molar-refractivity contribution is 0.371. The average molecular weight is 242 g/mol. The highest BCUT2D eigenvalue weighted by molar-refractivity contribution is 7.50. The maximum atomic E-state index is 11.1. The molecule has 1 rings (SSSR count). The van der Waals surface area contributed by atoms with Crippen molar-refractivity contribution in [1.82, 2.24) is 0 Å². The Balaban J connectivity index is 3.46. The minimum Gasteiger partial charge on any atom is -0.324 e. The molecule has 0 spiro atoms. The second-order valence-electron chi connectivity index (χ2n) is 4.43. The van der Waals surface area contributed by atoms with E-state index < -0.39 is 7.60 Å². The Morgan fingerprint density at radius 1 is 0.812 bits per heavy atom. The molecular weight excluding hydrogens is 223 g/mol. The van der Waals surface area contributed by atoms with Crippen molar-refractivity contribution in [1.29, 1.82) is 0 Å². The highest BCUT2D eigenvalue weighted by Gasteiger charge is 2.20. The Hall–Kier alpha value is -0.630. The van der Waals surface area contributed by atoms with Crippen molar-refractivity contribution in [3.63, 3.8) is 0 Å². The molecule has 0 aliphatic heterocycles. The van der Waals surface area contributed by atoms with Gasteiger partial charge in [-0.25, -0.2) is 0 Å². The van der Waals surface area contributed by atoms with E-state index in [-0.39, 0.29) is 6.16 Å². The summed E-state index contributed by atoms with van der Waals surface area (Å²) in [5.74, 6) is 0. The van der Waals surface area contributed by atoms with Crippen molar-refractivity contribution in [2.75, 3.05) is 0 Å². The summed E-state index contributed by atoms with van der Waals surface area (Å²) in [4.78, 5) is 18.2. The number of benzene rings is 1. The average Bonchev–Trinajstić information content (AvgIpc) is 2.17. The third kappa shape index (κ3) is 2.54. The Morgan fingerprint density at radius 2 is 1.12 bits per heavy atom. The van der Waals surface area contributed by atoms with Crippen LogP contribution in [0.2, 0.25) is 0 Å². The van der Waals surface area contributed by atoms with E-state index in [1.54, 1.807) is 0 Å². The molecule has 0 fully saturated rings. The third-order valence-corrected chi connectivity index (χ3v) is 4.25. The fraction of sp³-hybridized carbons (Fsp3) is 0.500. The summed E-state index contributed by atoms with van der Waals surface area (Å²) >= 11 is 0. The van der Waals surface area contributed by atoms with Gasteiger partial charge in [0.1, 0.15) is 0 Å². The van der Waals surface area contributed by atoms with Gasteiger partial charge in [-0.05, 0) is 68.0 Å². The van der Waals surface area contributed by atoms with Crippen LogP contribution in [0.15, 0.2) is 0 Å². The van der Waals surface area contributed by atoms with Gasteiger partial charge in [-0.2, -0.15) is 0 Å². The lowest BCUT2D eigenvalue weighted by Gasteiger charge is -2.18. The maximum absolute atomic E-state index is 11.1. The van der Waals surface area contributed by atoms with Gasteiger partial charge in [0.2, 0.25) is 0 Å². The molecule has 3 nitrogen and oxygen atoms in total. The molecule has 0 heterocycles. The van der Waals surface area contributed by atoms with E-state index >= 15 is 0 Å². The monoisotopic (exact) mass is 242 g/mol. The molecule has 0 unspecified atom stereocenters. The molecule has 0 bridgehead atoms. The molecule has 0 aliphatic carbocycles. The Bertz CT molecular complexity index is 443. The zero-order valence-corrected chi connectivity index (χ0v) is 11.4. The zero-order valence-electron chi connectivity index (χ0n) is 10.5. The first kappa shape index (κ1) is 13.4. The fourth-order valence-electron chi connectivity index (χ4n) is 2.02. The second kappa shape index (κ2) is 4.33. The maximum Gasteiger partial charge on any atom is 0.329 e. The van der Waals surface area contributed by atoms with Crippen molar-refractivity contribution >= 4 is 7.60 Å². The molecule has 0 aromatic heterocycles. The van der Waals surface area contributed by atoms with Crippen LogP contribution >= 0.6 is 7.60 Å². The Morgan fingerprint density at radius 3 is 1.44 bits per heavy atom. The van der Waals surface area contributed by atoms with Gasteiger partial charge in [0.05, 0.1) is 6.16 Å². The molecule has 0 saturated carbocycles. The van der Waals surface area contributed by atoms with Crippen molar-refractivity contribution in [3.05, 3.63) is 33.4 Å². The van der Waals surface area contributed by atoms with E-state index in [4.69, 9.17) is 9.79 Å². The van der Waals surface area contributed by atoms with Crippen LogP contribution in [0.4, 0.5) is 0 Å². The standard InChI is InChI=1S/C12H19O3P/c1-7-8(2)10(4)12(6-16(13,14)15)11(5)9(7)3/h6H2,1-5H3,(H2,13,14,15). The highest BCUT2D eigenvalue weighted by atomic mass is 31.2. The molecule has 0 saturated heterocycles. The lowest BCUT2D eigenvalue weighted by Crippen LogP contribution is -2.03. The van der Waals surface area contributed by atoms with Crippen LogP contribution < -0.4 is 0 Å². The molecule has 1 aromatic rings.